The first-order chi connectivity index (χ1) is 14.6. The number of aromatic nitrogens is 5. The van der Waals surface area contributed by atoms with Gasteiger partial charge >= 0.3 is 0 Å². The predicted octanol–water partition coefficient (Wildman–Crippen LogP) is 4.13. The van der Waals surface area contributed by atoms with Gasteiger partial charge in [0.05, 0.1) is 5.39 Å². The van der Waals surface area contributed by atoms with E-state index >= 15 is 0 Å². The van der Waals surface area contributed by atoms with E-state index in [0.717, 1.165) is 35.5 Å². The summed E-state index contributed by atoms with van der Waals surface area (Å²) in [6.45, 7) is 13.0. The number of nitrogens with zero attached hydrogens (tertiary/aromatic N) is 6. The van der Waals surface area contributed by atoms with Crippen molar-refractivity contribution in [1.29, 1.82) is 0 Å². The molecule has 0 amide bonds. The second-order valence-electron chi connectivity index (χ2n) is 9.47. The van der Waals surface area contributed by atoms with Crippen molar-refractivity contribution in [3.8, 4) is 5.75 Å². The number of aryl methyl sites for hydroxylation is 1. The zero-order chi connectivity index (χ0) is 22.3. The summed E-state index contributed by atoms with van der Waals surface area (Å²) in [5.74, 6) is 1.46. The van der Waals surface area contributed by atoms with E-state index in [1.54, 1.807) is 10.8 Å². The van der Waals surface area contributed by atoms with Crippen LogP contribution in [-0.2, 0) is 18.6 Å². The lowest BCUT2D eigenvalue weighted by Gasteiger charge is -2.19. The molecule has 0 aliphatic rings. The minimum absolute atomic E-state index is 0.124. The third-order valence-electron chi connectivity index (χ3n) is 5.85. The van der Waals surface area contributed by atoms with E-state index in [1.807, 2.05) is 12.1 Å². The average molecular weight is 421 g/mol. The van der Waals surface area contributed by atoms with Gasteiger partial charge in [0.25, 0.3) is 0 Å². The fourth-order valence-electron chi connectivity index (χ4n) is 3.81. The molecular weight excluding hydrogens is 388 g/mol. The second kappa shape index (κ2) is 7.96. The zero-order valence-electron chi connectivity index (χ0n) is 19.6. The summed E-state index contributed by atoms with van der Waals surface area (Å²) < 4.78 is 9.98. The fraction of sp³-hybridized carbons (Fsp3) is 0.458. The summed E-state index contributed by atoms with van der Waals surface area (Å²) in [6.07, 6.45) is 1.75. The number of hydrogen-bond donors (Lipinski definition) is 0. The molecule has 0 saturated heterocycles. The van der Waals surface area contributed by atoms with Gasteiger partial charge in [-0.3, -0.25) is 0 Å². The third-order valence-corrected chi connectivity index (χ3v) is 5.85. The van der Waals surface area contributed by atoms with Crippen LogP contribution in [0, 0.1) is 13.8 Å². The summed E-state index contributed by atoms with van der Waals surface area (Å²) in [5.41, 5.74) is 5.61. The smallest absolute Gasteiger partial charge is 0.189 e. The molecule has 0 spiro atoms. The van der Waals surface area contributed by atoms with E-state index < -0.39 is 0 Å². The van der Waals surface area contributed by atoms with Gasteiger partial charge in [-0.15, -0.1) is 5.10 Å². The van der Waals surface area contributed by atoms with Crippen LogP contribution in [0.25, 0.3) is 16.7 Å². The Balaban J connectivity index is 1.60. The average Bonchev–Trinajstić information content (AvgIpc) is 3.23. The van der Waals surface area contributed by atoms with Crippen LogP contribution in [0.4, 0.5) is 0 Å². The van der Waals surface area contributed by atoms with Gasteiger partial charge in [0.2, 0.25) is 0 Å². The molecule has 4 aromatic rings. The Morgan fingerprint density at radius 3 is 2.39 bits per heavy atom. The van der Waals surface area contributed by atoms with Crippen molar-refractivity contribution in [3.05, 3.63) is 53.2 Å². The van der Waals surface area contributed by atoms with Gasteiger partial charge in [0.15, 0.2) is 11.5 Å². The van der Waals surface area contributed by atoms with Crippen molar-refractivity contribution < 1.29 is 4.74 Å². The van der Waals surface area contributed by atoms with Crippen molar-refractivity contribution in [1.82, 2.24) is 29.0 Å². The van der Waals surface area contributed by atoms with Gasteiger partial charge in [-0.2, -0.15) is 0 Å². The first kappa shape index (κ1) is 21.3. The molecule has 3 heterocycles. The molecule has 0 aliphatic heterocycles. The van der Waals surface area contributed by atoms with E-state index in [4.69, 9.17) is 14.7 Å². The van der Waals surface area contributed by atoms with Crippen molar-refractivity contribution >= 4 is 16.7 Å². The summed E-state index contributed by atoms with van der Waals surface area (Å²) in [5, 5.41) is 5.65. The number of fused-ring (bicyclic) bond motifs is 3. The zero-order valence-corrected chi connectivity index (χ0v) is 19.6. The Morgan fingerprint density at radius 2 is 1.74 bits per heavy atom. The topological polar surface area (TPSA) is 60.5 Å². The Bertz CT molecular complexity index is 1210. The van der Waals surface area contributed by atoms with Crippen LogP contribution in [-0.4, -0.2) is 49.7 Å². The van der Waals surface area contributed by atoms with Crippen LogP contribution in [0.15, 0.2) is 30.6 Å². The monoisotopic (exact) mass is 420 g/mol. The highest BCUT2D eigenvalue weighted by molar-refractivity contribution is 5.93. The van der Waals surface area contributed by atoms with E-state index in [9.17, 15) is 0 Å². The quantitative estimate of drug-likeness (QED) is 0.469. The van der Waals surface area contributed by atoms with Gasteiger partial charge in [0.1, 0.15) is 24.3 Å². The summed E-state index contributed by atoms with van der Waals surface area (Å²) in [6, 6.07) is 8.24. The van der Waals surface area contributed by atoms with Crippen LogP contribution < -0.4 is 4.74 Å². The van der Waals surface area contributed by atoms with Gasteiger partial charge < -0.3 is 14.2 Å². The molecule has 0 unspecified atom stereocenters. The maximum Gasteiger partial charge on any atom is 0.189 e. The fourth-order valence-corrected chi connectivity index (χ4v) is 3.81. The normalized spacial score (nSPS) is 12.4. The summed E-state index contributed by atoms with van der Waals surface area (Å²) >= 11 is 0. The number of rotatable bonds is 6. The van der Waals surface area contributed by atoms with Crippen LogP contribution in [0.3, 0.4) is 0 Å². The molecule has 0 bridgehead atoms. The molecule has 1 aromatic carbocycles. The van der Waals surface area contributed by atoms with Gasteiger partial charge in [-0.1, -0.05) is 32.9 Å². The maximum atomic E-state index is 5.96. The predicted molar refractivity (Wildman–Crippen MR) is 124 cm³/mol. The Morgan fingerprint density at radius 1 is 1.03 bits per heavy atom. The lowest BCUT2D eigenvalue weighted by molar-refractivity contribution is 0.296. The minimum atomic E-state index is 0.124. The van der Waals surface area contributed by atoms with Crippen molar-refractivity contribution in [3.63, 3.8) is 0 Å². The lowest BCUT2D eigenvalue weighted by Crippen LogP contribution is -2.19. The minimum Gasteiger partial charge on any atom is -0.486 e. The summed E-state index contributed by atoms with van der Waals surface area (Å²) in [4.78, 5) is 11.7. The molecule has 7 nitrogen and oxygen atoms in total. The SMILES string of the molecule is Cc1c(C)n(CCN(C)C)c2ncn3nc(COc4ccc(C(C)(C)C)cc4)nc3c12. The van der Waals surface area contributed by atoms with Crippen LogP contribution in [0.1, 0.15) is 43.4 Å². The number of likely N-dealkylation sites (N-methyl/N-ethyl adjacent to an activating group) is 1. The molecule has 0 radical (unpaired) electrons. The lowest BCUT2D eigenvalue weighted by atomic mass is 9.87. The Kier molecular flexibility index (Phi) is 5.47. The molecular formula is C24H32N6O. The van der Waals surface area contributed by atoms with Crippen molar-refractivity contribution in [2.75, 3.05) is 20.6 Å². The third kappa shape index (κ3) is 4.14. The molecule has 164 valence electrons. The Hall–Kier alpha value is -2.93. The van der Waals surface area contributed by atoms with Gasteiger partial charge in [0, 0.05) is 18.8 Å². The highest BCUT2D eigenvalue weighted by atomic mass is 16.5. The highest BCUT2D eigenvalue weighted by Crippen LogP contribution is 2.27. The van der Waals surface area contributed by atoms with E-state index in [2.05, 4.69) is 75.4 Å². The van der Waals surface area contributed by atoms with Crippen LogP contribution >= 0.6 is 0 Å². The van der Waals surface area contributed by atoms with Crippen LogP contribution in [0.2, 0.25) is 0 Å². The van der Waals surface area contributed by atoms with Crippen LogP contribution in [0.5, 0.6) is 5.75 Å². The molecule has 0 fully saturated rings. The number of benzene rings is 1. The molecule has 4 rings (SSSR count). The molecule has 3 aromatic heterocycles. The van der Waals surface area contributed by atoms with Gasteiger partial charge in [-0.05, 0) is 56.6 Å². The van der Waals surface area contributed by atoms with Crippen molar-refractivity contribution in [2.24, 2.45) is 0 Å². The first-order valence-corrected chi connectivity index (χ1v) is 10.7. The highest BCUT2D eigenvalue weighted by Gasteiger charge is 2.18. The van der Waals surface area contributed by atoms with E-state index in [-0.39, 0.29) is 5.41 Å². The largest absolute Gasteiger partial charge is 0.486 e. The summed E-state index contributed by atoms with van der Waals surface area (Å²) in [7, 11) is 4.17. The molecule has 0 saturated carbocycles. The standard InChI is InChI=1S/C24H32N6O/c1-16-17(2)29(13-12-28(6)7)22-21(16)23-26-20(27-30(23)15-25-22)14-31-19-10-8-18(9-11-19)24(3,4)5/h8-11,15H,12-14H2,1-7H3. The number of ether oxygens (including phenoxy) is 1. The van der Waals surface area contributed by atoms with Crippen molar-refractivity contribution in [2.45, 2.75) is 53.2 Å². The molecule has 7 heteroatoms. The molecule has 0 atom stereocenters. The Labute approximate surface area is 183 Å². The van der Waals surface area contributed by atoms with Gasteiger partial charge in [-0.25, -0.2) is 14.5 Å². The first-order valence-electron chi connectivity index (χ1n) is 10.7. The van der Waals surface area contributed by atoms with E-state index in [1.165, 1.54) is 16.8 Å². The molecule has 31 heavy (non-hydrogen) atoms. The number of hydrogen-bond acceptors (Lipinski definition) is 5. The second-order valence-corrected chi connectivity index (χ2v) is 9.47. The molecule has 0 aliphatic carbocycles. The maximum absolute atomic E-state index is 5.96. The van der Waals surface area contributed by atoms with E-state index in [0.29, 0.717) is 12.4 Å². The molecule has 0 N–H and O–H groups in total.